The smallest absolute Gasteiger partial charge is 0.237 e. The van der Waals surface area contributed by atoms with Crippen molar-refractivity contribution in [2.45, 2.75) is 75.0 Å². The van der Waals surface area contributed by atoms with Crippen molar-refractivity contribution in [3.05, 3.63) is 0 Å². The summed E-state index contributed by atoms with van der Waals surface area (Å²) in [6, 6.07) is -1.09. The van der Waals surface area contributed by atoms with Crippen LogP contribution in [0, 0.1) is 5.92 Å². The maximum atomic E-state index is 13.1. The third-order valence-corrected chi connectivity index (χ3v) is 6.64. The Kier molecular flexibility index (Phi) is 9.17. The van der Waals surface area contributed by atoms with Gasteiger partial charge in [-0.3, -0.25) is 9.69 Å². The second-order valence-electron chi connectivity index (χ2n) is 7.92. The first kappa shape index (κ1) is 24.4. The van der Waals surface area contributed by atoms with E-state index in [2.05, 4.69) is 17.4 Å². The molecule has 2 fully saturated rings. The minimum Gasteiger partial charge on any atom is -0.399 e. The summed E-state index contributed by atoms with van der Waals surface area (Å²) in [5, 5.41) is 37.8. The Labute approximate surface area is 176 Å². The van der Waals surface area contributed by atoms with Gasteiger partial charge in [0.05, 0.1) is 17.8 Å². The van der Waals surface area contributed by atoms with Crippen molar-refractivity contribution in [3.63, 3.8) is 0 Å². The van der Waals surface area contributed by atoms with E-state index in [0.29, 0.717) is 11.6 Å². The zero-order valence-electron chi connectivity index (χ0n) is 17.8. The predicted octanol–water partition coefficient (Wildman–Crippen LogP) is -0.215. The summed E-state index contributed by atoms with van der Waals surface area (Å²) >= 11 is 1.22. The number of nitrogens with one attached hydrogen (secondary N) is 1. The molecule has 0 bridgehead atoms. The Balaban J connectivity index is 2.20. The number of hydrogen-bond donors (Lipinski definition) is 4. The van der Waals surface area contributed by atoms with Gasteiger partial charge in [0, 0.05) is 6.54 Å². The third-order valence-electron chi connectivity index (χ3n) is 5.78. The molecule has 2 aliphatic heterocycles. The summed E-state index contributed by atoms with van der Waals surface area (Å²) in [4.78, 5) is 20.0. The molecule has 1 amide bonds. The van der Waals surface area contributed by atoms with E-state index < -0.39 is 35.9 Å². The quantitative estimate of drug-likeness (QED) is 0.306. The fraction of sp³-hybridized carbons (Fsp3) is 0.895. The Morgan fingerprint density at radius 2 is 2.03 bits per heavy atom. The van der Waals surface area contributed by atoms with Gasteiger partial charge in [-0.2, -0.15) is 0 Å². The number of carbonyl (C=O) groups excluding carboxylic acids is 1. The highest BCUT2D eigenvalue weighted by Crippen LogP contribution is 2.30. The highest BCUT2D eigenvalue weighted by Gasteiger charge is 2.48. The number of rotatable bonds is 8. The van der Waals surface area contributed by atoms with Crippen LogP contribution in [0.25, 0.3) is 0 Å². The normalized spacial score (nSPS) is 37.4. The van der Waals surface area contributed by atoms with E-state index in [1.807, 2.05) is 11.9 Å². The third kappa shape index (κ3) is 5.62. The topological polar surface area (TPSA) is 124 Å². The number of aliphatic hydroxyl groups excluding tert-OH is 3. The molecule has 0 aromatic carbocycles. The van der Waals surface area contributed by atoms with E-state index in [1.54, 1.807) is 13.2 Å². The molecule has 8 atom stereocenters. The number of oxime groups is 1. The number of carbonyl (C=O) groups is 1. The van der Waals surface area contributed by atoms with Crippen LogP contribution >= 0.6 is 11.8 Å². The summed E-state index contributed by atoms with van der Waals surface area (Å²) in [5.74, 6) is 0.293. The van der Waals surface area contributed by atoms with E-state index in [0.717, 1.165) is 25.8 Å². The van der Waals surface area contributed by atoms with Gasteiger partial charge in [-0.05, 0) is 39.0 Å². The molecule has 2 aliphatic rings. The summed E-state index contributed by atoms with van der Waals surface area (Å²) in [6.07, 6.45) is -0.347. The van der Waals surface area contributed by atoms with Gasteiger partial charge in [-0.25, -0.2) is 0 Å². The Hall–Kier alpha value is -0.910. The minimum absolute atomic E-state index is 0.182. The van der Waals surface area contributed by atoms with Crippen molar-refractivity contribution in [2.75, 3.05) is 27.0 Å². The Morgan fingerprint density at radius 1 is 1.34 bits per heavy atom. The monoisotopic (exact) mass is 433 g/mol. The van der Waals surface area contributed by atoms with Gasteiger partial charge < -0.3 is 30.2 Å². The maximum Gasteiger partial charge on any atom is 0.237 e. The molecule has 0 aromatic heterocycles. The van der Waals surface area contributed by atoms with E-state index in [9.17, 15) is 20.1 Å². The lowest BCUT2D eigenvalue weighted by Crippen LogP contribution is -2.65. The number of likely N-dealkylation sites (N-methyl/N-ethyl adjacent to an activating group) is 1. The molecule has 4 N–H and O–H groups in total. The zero-order valence-corrected chi connectivity index (χ0v) is 18.6. The van der Waals surface area contributed by atoms with Gasteiger partial charge in [0.2, 0.25) is 5.91 Å². The fourth-order valence-electron chi connectivity index (χ4n) is 4.25. The molecular formula is C19H35N3O6S. The first-order chi connectivity index (χ1) is 13.7. The van der Waals surface area contributed by atoms with Gasteiger partial charge in [0.25, 0.3) is 0 Å². The van der Waals surface area contributed by atoms with Crippen LogP contribution in [0.5, 0.6) is 0 Å². The number of aliphatic hydroxyl groups is 3. The summed E-state index contributed by atoms with van der Waals surface area (Å²) in [5.41, 5.74) is -0.338. The second-order valence-corrected chi connectivity index (χ2v) is 8.86. The first-order valence-corrected chi connectivity index (χ1v) is 11.3. The molecule has 29 heavy (non-hydrogen) atoms. The van der Waals surface area contributed by atoms with Crippen LogP contribution in [0.15, 0.2) is 5.16 Å². The van der Waals surface area contributed by atoms with E-state index >= 15 is 0 Å². The average Bonchev–Trinajstić information content (AvgIpc) is 3.05. The fourth-order valence-corrected chi connectivity index (χ4v) is 4.93. The number of thioether (sulfide) groups is 1. The van der Waals surface area contributed by atoms with Crippen molar-refractivity contribution in [3.8, 4) is 0 Å². The number of amides is 1. The van der Waals surface area contributed by atoms with Crippen LogP contribution in [-0.4, -0.2) is 101 Å². The lowest BCUT2D eigenvalue weighted by molar-refractivity contribution is -0.200. The highest BCUT2D eigenvalue weighted by atomic mass is 32.2. The largest absolute Gasteiger partial charge is 0.399 e. The summed E-state index contributed by atoms with van der Waals surface area (Å²) < 4.78 is 5.85. The molecule has 0 spiro atoms. The SMILES string of the molecule is CCC[C@@H]1C[C@@H](C(=O)N[C@H](/C(C)=N\OC)[C@H]2O[C@H](SC)[C@H](O)[C@@H](O)[C@H]2O)N(C)C1. The molecule has 2 saturated heterocycles. The van der Waals surface area contributed by atoms with E-state index in [1.165, 1.54) is 18.9 Å². The van der Waals surface area contributed by atoms with Crippen molar-refractivity contribution in [1.29, 1.82) is 0 Å². The molecule has 0 saturated carbocycles. The van der Waals surface area contributed by atoms with Crippen molar-refractivity contribution < 1.29 is 29.7 Å². The molecule has 0 radical (unpaired) electrons. The second kappa shape index (κ2) is 10.9. The average molecular weight is 434 g/mol. The molecule has 0 aromatic rings. The van der Waals surface area contributed by atoms with Gasteiger partial charge in [-0.1, -0.05) is 18.5 Å². The van der Waals surface area contributed by atoms with E-state index in [-0.39, 0.29) is 11.9 Å². The van der Waals surface area contributed by atoms with Crippen molar-refractivity contribution >= 4 is 23.4 Å². The van der Waals surface area contributed by atoms with Crippen LogP contribution in [0.4, 0.5) is 0 Å². The van der Waals surface area contributed by atoms with Crippen LogP contribution in [0.2, 0.25) is 0 Å². The Morgan fingerprint density at radius 3 is 2.62 bits per heavy atom. The van der Waals surface area contributed by atoms with Crippen LogP contribution in [0.3, 0.4) is 0 Å². The minimum atomic E-state index is -1.40. The molecule has 9 nitrogen and oxygen atoms in total. The molecular weight excluding hydrogens is 398 g/mol. The van der Waals surface area contributed by atoms with Crippen LogP contribution in [0.1, 0.15) is 33.1 Å². The standard InChI is InChI=1S/C19H35N3O6S/c1-6-7-11-8-12(22(3)9-11)18(26)20-13(10(2)21-27-4)17-15(24)14(23)16(25)19(28-17)29-5/h11-17,19,23-25H,6-9H2,1-5H3,(H,20,26)/b21-10-/t11-,12+,13-,14+,15-,16-,17-,19-/m1/s1. The van der Waals surface area contributed by atoms with Crippen LogP contribution in [-0.2, 0) is 14.4 Å². The first-order valence-electron chi connectivity index (χ1n) is 10.1. The van der Waals surface area contributed by atoms with Crippen molar-refractivity contribution in [1.82, 2.24) is 10.2 Å². The maximum absolute atomic E-state index is 13.1. The number of hydrogen-bond acceptors (Lipinski definition) is 9. The van der Waals surface area contributed by atoms with Gasteiger partial charge >= 0.3 is 0 Å². The highest BCUT2D eigenvalue weighted by molar-refractivity contribution is 7.99. The molecule has 2 rings (SSSR count). The molecule has 2 heterocycles. The van der Waals surface area contributed by atoms with Crippen molar-refractivity contribution in [2.24, 2.45) is 11.1 Å². The lowest BCUT2D eigenvalue weighted by Gasteiger charge is -2.43. The summed E-state index contributed by atoms with van der Waals surface area (Å²) in [7, 11) is 3.32. The van der Waals surface area contributed by atoms with E-state index in [4.69, 9.17) is 9.57 Å². The van der Waals surface area contributed by atoms with Crippen LogP contribution < -0.4 is 5.32 Å². The molecule has 168 valence electrons. The molecule has 10 heteroatoms. The van der Waals surface area contributed by atoms with Gasteiger partial charge in [-0.15, -0.1) is 11.8 Å². The number of likely N-dealkylation sites (tertiary alicyclic amines) is 1. The Bertz CT molecular complexity index is 578. The molecule has 0 unspecified atom stereocenters. The zero-order chi connectivity index (χ0) is 21.7. The molecule has 0 aliphatic carbocycles. The summed E-state index contributed by atoms with van der Waals surface area (Å²) in [6.45, 7) is 4.66. The predicted molar refractivity (Wildman–Crippen MR) is 112 cm³/mol. The lowest BCUT2D eigenvalue weighted by atomic mass is 9.92. The van der Waals surface area contributed by atoms with Gasteiger partial charge in [0.15, 0.2) is 0 Å². The number of ether oxygens (including phenoxy) is 1. The number of nitrogens with zero attached hydrogens (tertiary/aromatic N) is 2. The van der Waals surface area contributed by atoms with Gasteiger partial charge in [0.1, 0.15) is 37.0 Å².